The largest absolute Gasteiger partial charge is 0.465 e. The number of hydrogen-bond acceptors (Lipinski definition) is 1. The molecule has 79 valence electrons. The second kappa shape index (κ2) is 3.77. The van der Waals surface area contributed by atoms with Crippen molar-refractivity contribution in [1.29, 1.82) is 0 Å². The Labute approximate surface area is 84.3 Å². The summed E-state index contributed by atoms with van der Waals surface area (Å²) in [5.41, 5.74) is 0.424. The standard InChI is InChI=1S/C10H17N2O2/c13-9(14)12-7-3-10(4-8-12)1-5-11-6-2-10/h1-8H2,(H,13,14). The van der Waals surface area contributed by atoms with Crippen molar-refractivity contribution in [3.8, 4) is 0 Å². The summed E-state index contributed by atoms with van der Waals surface area (Å²) < 4.78 is 0. The van der Waals surface area contributed by atoms with Crippen molar-refractivity contribution in [1.82, 2.24) is 10.2 Å². The monoisotopic (exact) mass is 197 g/mol. The molecule has 0 unspecified atom stereocenters. The number of carbonyl (C=O) groups is 1. The van der Waals surface area contributed by atoms with Crippen molar-refractivity contribution in [3.63, 3.8) is 0 Å². The highest BCUT2D eigenvalue weighted by molar-refractivity contribution is 5.65. The number of amides is 1. The van der Waals surface area contributed by atoms with E-state index in [4.69, 9.17) is 5.11 Å². The smallest absolute Gasteiger partial charge is 0.407 e. The summed E-state index contributed by atoms with van der Waals surface area (Å²) in [5, 5.41) is 13.2. The van der Waals surface area contributed by atoms with E-state index in [1.807, 2.05) is 0 Å². The van der Waals surface area contributed by atoms with Gasteiger partial charge in [-0.3, -0.25) is 0 Å². The lowest BCUT2D eigenvalue weighted by Crippen LogP contribution is -2.45. The average molecular weight is 197 g/mol. The van der Waals surface area contributed by atoms with Gasteiger partial charge >= 0.3 is 6.09 Å². The van der Waals surface area contributed by atoms with Crippen molar-refractivity contribution >= 4 is 6.09 Å². The summed E-state index contributed by atoms with van der Waals surface area (Å²) in [6, 6.07) is 0. The lowest BCUT2D eigenvalue weighted by molar-refractivity contribution is 0.0687. The fourth-order valence-electron chi connectivity index (χ4n) is 2.54. The fourth-order valence-corrected chi connectivity index (χ4v) is 2.54. The van der Waals surface area contributed by atoms with Crippen LogP contribution in [0.3, 0.4) is 0 Å². The second-order valence-electron chi connectivity index (χ2n) is 4.44. The molecule has 0 atom stereocenters. The molecule has 1 N–H and O–H groups in total. The zero-order valence-electron chi connectivity index (χ0n) is 8.41. The highest BCUT2D eigenvalue weighted by Crippen LogP contribution is 2.39. The molecule has 0 saturated carbocycles. The first-order chi connectivity index (χ1) is 6.72. The molecule has 2 heterocycles. The third-order valence-electron chi connectivity index (χ3n) is 3.70. The fraction of sp³-hybridized carbons (Fsp3) is 0.900. The van der Waals surface area contributed by atoms with Crippen molar-refractivity contribution in [2.45, 2.75) is 25.7 Å². The summed E-state index contributed by atoms with van der Waals surface area (Å²) in [6.45, 7) is 3.39. The van der Waals surface area contributed by atoms with E-state index in [1.54, 1.807) is 0 Å². The number of hydrogen-bond donors (Lipinski definition) is 1. The summed E-state index contributed by atoms with van der Waals surface area (Å²) >= 11 is 0. The molecule has 0 aromatic rings. The van der Waals surface area contributed by atoms with E-state index in [0.717, 1.165) is 39.0 Å². The van der Waals surface area contributed by atoms with Crippen LogP contribution in [-0.4, -0.2) is 42.3 Å². The Kier molecular flexibility index (Phi) is 2.63. The highest BCUT2D eigenvalue weighted by atomic mass is 16.4. The summed E-state index contributed by atoms with van der Waals surface area (Å²) in [4.78, 5) is 12.3. The molecule has 2 fully saturated rings. The Hall–Kier alpha value is -0.770. The van der Waals surface area contributed by atoms with Crippen LogP contribution in [0.4, 0.5) is 4.79 Å². The third kappa shape index (κ3) is 1.85. The normalized spacial score (nSPS) is 26.4. The Morgan fingerprint density at radius 2 is 1.71 bits per heavy atom. The molecule has 1 spiro atoms. The molecule has 2 aliphatic heterocycles. The first kappa shape index (κ1) is 9.77. The van der Waals surface area contributed by atoms with Crippen LogP contribution >= 0.6 is 0 Å². The van der Waals surface area contributed by atoms with Gasteiger partial charge in [-0.1, -0.05) is 0 Å². The van der Waals surface area contributed by atoms with Crippen LogP contribution in [0.15, 0.2) is 0 Å². The van der Waals surface area contributed by atoms with Crippen molar-refractivity contribution in [3.05, 3.63) is 0 Å². The molecule has 2 aliphatic rings. The Balaban J connectivity index is 1.90. The number of nitrogens with zero attached hydrogens (tertiary/aromatic N) is 2. The molecular formula is C10H17N2O2. The lowest BCUT2D eigenvalue weighted by Gasteiger charge is -2.43. The van der Waals surface area contributed by atoms with E-state index >= 15 is 0 Å². The molecule has 0 bridgehead atoms. The van der Waals surface area contributed by atoms with Gasteiger partial charge in [-0.25, -0.2) is 10.1 Å². The molecule has 2 saturated heterocycles. The minimum atomic E-state index is -0.764. The van der Waals surface area contributed by atoms with Crippen molar-refractivity contribution in [2.75, 3.05) is 26.2 Å². The molecule has 14 heavy (non-hydrogen) atoms. The number of likely N-dealkylation sites (tertiary alicyclic amines) is 1. The first-order valence-electron chi connectivity index (χ1n) is 5.33. The van der Waals surface area contributed by atoms with Gasteiger partial charge < -0.3 is 10.0 Å². The van der Waals surface area contributed by atoms with Crippen molar-refractivity contribution in [2.24, 2.45) is 5.41 Å². The predicted molar refractivity (Wildman–Crippen MR) is 52.4 cm³/mol. The number of carboxylic acid groups (broad SMARTS) is 1. The van der Waals surface area contributed by atoms with Gasteiger partial charge in [-0.05, 0) is 31.1 Å². The van der Waals surface area contributed by atoms with E-state index < -0.39 is 6.09 Å². The van der Waals surface area contributed by atoms with E-state index in [-0.39, 0.29) is 0 Å². The minimum absolute atomic E-state index is 0.424. The first-order valence-corrected chi connectivity index (χ1v) is 5.33. The van der Waals surface area contributed by atoms with Gasteiger partial charge in [0, 0.05) is 26.2 Å². The molecule has 0 aliphatic carbocycles. The number of piperidine rings is 2. The summed E-state index contributed by atoms with van der Waals surface area (Å²) in [6.07, 6.45) is 3.64. The van der Waals surface area contributed by atoms with E-state index in [2.05, 4.69) is 5.32 Å². The maximum Gasteiger partial charge on any atom is 0.407 e. The van der Waals surface area contributed by atoms with Crippen LogP contribution in [0.1, 0.15) is 25.7 Å². The minimum Gasteiger partial charge on any atom is -0.465 e. The third-order valence-corrected chi connectivity index (χ3v) is 3.70. The Morgan fingerprint density at radius 1 is 1.14 bits per heavy atom. The van der Waals surface area contributed by atoms with Crippen LogP contribution < -0.4 is 5.32 Å². The van der Waals surface area contributed by atoms with E-state index in [9.17, 15) is 4.79 Å². The van der Waals surface area contributed by atoms with Crippen LogP contribution in [0.25, 0.3) is 0 Å². The van der Waals surface area contributed by atoms with E-state index in [1.165, 1.54) is 17.7 Å². The predicted octanol–water partition coefficient (Wildman–Crippen LogP) is 1.14. The average Bonchev–Trinajstić information content (AvgIpc) is 2.19. The lowest BCUT2D eigenvalue weighted by atomic mass is 9.72. The van der Waals surface area contributed by atoms with Gasteiger partial charge in [0.25, 0.3) is 0 Å². The maximum atomic E-state index is 10.7. The molecule has 4 nitrogen and oxygen atoms in total. The van der Waals surface area contributed by atoms with E-state index in [0.29, 0.717) is 5.41 Å². The summed E-state index contributed by atoms with van der Waals surface area (Å²) in [7, 11) is 0. The van der Waals surface area contributed by atoms with Gasteiger partial charge in [0.1, 0.15) is 0 Å². The zero-order valence-corrected chi connectivity index (χ0v) is 8.41. The zero-order chi connectivity index (χ0) is 10.0. The van der Waals surface area contributed by atoms with Gasteiger partial charge in [0.2, 0.25) is 0 Å². The molecule has 1 amide bonds. The Morgan fingerprint density at radius 3 is 2.21 bits per heavy atom. The second-order valence-corrected chi connectivity index (χ2v) is 4.44. The van der Waals surface area contributed by atoms with Gasteiger partial charge in [0.15, 0.2) is 0 Å². The topological polar surface area (TPSA) is 54.6 Å². The Bertz CT molecular complexity index is 214. The van der Waals surface area contributed by atoms with Crippen LogP contribution in [0.2, 0.25) is 0 Å². The maximum absolute atomic E-state index is 10.7. The van der Waals surface area contributed by atoms with Crippen LogP contribution in [0.5, 0.6) is 0 Å². The van der Waals surface area contributed by atoms with Crippen molar-refractivity contribution < 1.29 is 9.90 Å². The van der Waals surface area contributed by atoms with Gasteiger partial charge in [-0.15, -0.1) is 0 Å². The summed E-state index contributed by atoms with van der Waals surface area (Å²) in [5.74, 6) is 0. The van der Waals surface area contributed by atoms with Gasteiger partial charge in [0.05, 0.1) is 0 Å². The molecular weight excluding hydrogens is 180 g/mol. The van der Waals surface area contributed by atoms with Crippen LogP contribution in [-0.2, 0) is 0 Å². The molecule has 4 heteroatoms. The molecule has 1 radical (unpaired) electrons. The quantitative estimate of drug-likeness (QED) is 0.633. The molecule has 0 aromatic carbocycles. The van der Waals surface area contributed by atoms with Crippen LogP contribution in [0, 0.1) is 5.41 Å². The SMILES string of the molecule is O=C(O)N1CCC2(CC[N]CC2)CC1. The molecule has 0 aromatic heterocycles. The highest BCUT2D eigenvalue weighted by Gasteiger charge is 2.36. The molecule has 2 rings (SSSR count). The number of rotatable bonds is 0. The van der Waals surface area contributed by atoms with Gasteiger partial charge in [-0.2, -0.15) is 0 Å².